The van der Waals surface area contributed by atoms with Crippen molar-refractivity contribution in [1.82, 2.24) is 9.78 Å². The quantitative estimate of drug-likeness (QED) is 0.764. The zero-order valence-electron chi connectivity index (χ0n) is 8.56. The zero-order valence-corrected chi connectivity index (χ0v) is 9.37. The van der Waals surface area contributed by atoms with Crippen molar-refractivity contribution in [3.8, 4) is 6.07 Å². The minimum Gasteiger partial charge on any atom is -0.383 e. The fraction of sp³-hybridized carbons (Fsp3) is 0.500. The Morgan fingerprint density at radius 1 is 1.60 bits per heavy atom. The number of hydrogen-bond acceptors (Lipinski definition) is 5. The van der Waals surface area contributed by atoms with Gasteiger partial charge in [-0.15, -0.1) is 0 Å². The van der Waals surface area contributed by atoms with Gasteiger partial charge in [0.2, 0.25) is 0 Å². The summed E-state index contributed by atoms with van der Waals surface area (Å²) in [6.07, 6.45) is 1.14. The van der Waals surface area contributed by atoms with Gasteiger partial charge in [0, 0.05) is 6.26 Å². The molecule has 7 heteroatoms. The predicted octanol–water partition coefficient (Wildman–Crippen LogP) is -0.310. The van der Waals surface area contributed by atoms with Crippen molar-refractivity contribution in [3.05, 3.63) is 11.3 Å². The van der Waals surface area contributed by atoms with E-state index in [9.17, 15) is 8.42 Å². The van der Waals surface area contributed by atoms with Crippen LogP contribution in [-0.4, -0.2) is 30.2 Å². The van der Waals surface area contributed by atoms with Gasteiger partial charge in [-0.3, -0.25) is 0 Å². The fourth-order valence-electron chi connectivity index (χ4n) is 1.16. The molecule has 82 valence electrons. The highest BCUT2D eigenvalue weighted by atomic mass is 32.2. The van der Waals surface area contributed by atoms with Gasteiger partial charge in [0.25, 0.3) is 0 Å². The number of hydrogen-bond donors (Lipinski definition) is 1. The normalized spacial score (nSPS) is 11.3. The minimum absolute atomic E-state index is 0.0385. The average molecular weight is 228 g/mol. The maximum Gasteiger partial charge on any atom is 0.149 e. The Balaban J connectivity index is 2.94. The van der Waals surface area contributed by atoms with Crippen LogP contribution in [0.3, 0.4) is 0 Å². The average Bonchev–Trinajstić information content (AvgIpc) is 2.37. The summed E-state index contributed by atoms with van der Waals surface area (Å²) in [7, 11) is -3.05. The highest BCUT2D eigenvalue weighted by Gasteiger charge is 2.12. The van der Waals surface area contributed by atoms with Crippen molar-refractivity contribution in [2.45, 2.75) is 13.5 Å². The Labute approximate surface area is 88.2 Å². The molecule has 0 saturated heterocycles. The Kier molecular flexibility index (Phi) is 3.00. The molecule has 0 radical (unpaired) electrons. The molecule has 2 N–H and O–H groups in total. The third-order valence-electron chi connectivity index (χ3n) is 1.95. The lowest BCUT2D eigenvalue weighted by molar-refractivity contribution is 0.587. The van der Waals surface area contributed by atoms with E-state index in [4.69, 9.17) is 11.0 Å². The van der Waals surface area contributed by atoms with Crippen molar-refractivity contribution in [2.75, 3.05) is 17.7 Å². The molecule has 0 unspecified atom stereocenters. The lowest BCUT2D eigenvalue weighted by Crippen LogP contribution is -2.14. The van der Waals surface area contributed by atoms with Crippen LogP contribution in [-0.2, 0) is 16.4 Å². The first-order chi connectivity index (χ1) is 6.85. The first-order valence-corrected chi connectivity index (χ1v) is 6.32. The van der Waals surface area contributed by atoms with Gasteiger partial charge in [-0.1, -0.05) is 0 Å². The molecule has 1 aromatic rings. The van der Waals surface area contributed by atoms with Gasteiger partial charge >= 0.3 is 0 Å². The first kappa shape index (κ1) is 11.5. The van der Waals surface area contributed by atoms with Gasteiger partial charge in [0.05, 0.1) is 18.0 Å². The lowest BCUT2D eigenvalue weighted by Gasteiger charge is -2.01. The predicted molar refractivity (Wildman–Crippen MR) is 55.8 cm³/mol. The summed E-state index contributed by atoms with van der Waals surface area (Å²) >= 11 is 0. The van der Waals surface area contributed by atoms with Crippen LogP contribution in [0.4, 0.5) is 5.82 Å². The van der Waals surface area contributed by atoms with Crippen molar-refractivity contribution in [3.63, 3.8) is 0 Å². The van der Waals surface area contributed by atoms with Crippen LogP contribution in [0.15, 0.2) is 0 Å². The number of nitriles is 1. The molecule has 15 heavy (non-hydrogen) atoms. The van der Waals surface area contributed by atoms with E-state index >= 15 is 0 Å². The molecule has 0 bridgehead atoms. The molecule has 1 aromatic heterocycles. The number of nitrogens with two attached hydrogens (primary N) is 1. The molecule has 0 saturated carbocycles. The third kappa shape index (κ3) is 2.70. The van der Waals surface area contributed by atoms with E-state index in [2.05, 4.69) is 5.10 Å². The van der Waals surface area contributed by atoms with E-state index in [-0.39, 0.29) is 18.1 Å². The summed E-state index contributed by atoms with van der Waals surface area (Å²) in [6.45, 7) is 1.83. The van der Waals surface area contributed by atoms with Crippen LogP contribution in [0, 0.1) is 18.3 Å². The van der Waals surface area contributed by atoms with Crippen molar-refractivity contribution in [1.29, 1.82) is 5.26 Å². The molecule has 0 aromatic carbocycles. The molecular weight excluding hydrogens is 216 g/mol. The van der Waals surface area contributed by atoms with Crippen molar-refractivity contribution >= 4 is 15.7 Å². The fourth-order valence-corrected chi connectivity index (χ4v) is 1.66. The Morgan fingerprint density at radius 3 is 2.60 bits per heavy atom. The van der Waals surface area contributed by atoms with Crippen molar-refractivity contribution < 1.29 is 8.42 Å². The molecule has 0 fully saturated rings. The summed E-state index contributed by atoms with van der Waals surface area (Å²) in [6, 6.07) is 1.92. The summed E-state index contributed by atoms with van der Waals surface area (Å²) in [5, 5.41) is 12.7. The molecular formula is C8H12N4O2S. The van der Waals surface area contributed by atoms with Crippen LogP contribution >= 0.6 is 0 Å². The van der Waals surface area contributed by atoms with Crippen LogP contribution < -0.4 is 5.73 Å². The Hall–Kier alpha value is -1.55. The number of anilines is 1. The molecule has 0 aliphatic carbocycles. The maximum atomic E-state index is 10.9. The second-order valence-corrected chi connectivity index (χ2v) is 5.57. The second kappa shape index (κ2) is 3.90. The van der Waals surface area contributed by atoms with E-state index in [1.165, 1.54) is 4.68 Å². The molecule has 1 rings (SSSR count). The monoisotopic (exact) mass is 228 g/mol. The topological polar surface area (TPSA) is 102 Å². The number of nitrogens with zero attached hydrogens (tertiary/aromatic N) is 3. The molecule has 0 spiro atoms. The first-order valence-electron chi connectivity index (χ1n) is 4.26. The summed E-state index contributed by atoms with van der Waals surface area (Å²) in [4.78, 5) is 0. The summed E-state index contributed by atoms with van der Waals surface area (Å²) in [5.41, 5.74) is 6.45. The standard InChI is InChI=1S/C8H12N4O2S/c1-6-7(5-9)8(10)12(11-6)3-4-15(2,13)14/h3-4,10H2,1-2H3. The van der Waals surface area contributed by atoms with Gasteiger partial charge < -0.3 is 5.73 Å². The summed E-state index contributed by atoms with van der Waals surface area (Å²) < 4.78 is 23.2. The smallest absolute Gasteiger partial charge is 0.149 e. The number of sulfone groups is 1. The van der Waals surface area contributed by atoms with E-state index in [0.717, 1.165) is 6.26 Å². The lowest BCUT2D eigenvalue weighted by atomic mass is 10.3. The zero-order chi connectivity index (χ0) is 11.6. The molecule has 0 atom stereocenters. The molecule has 6 nitrogen and oxygen atoms in total. The van der Waals surface area contributed by atoms with Crippen LogP contribution in [0.5, 0.6) is 0 Å². The van der Waals surface area contributed by atoms with Gasteiger partial charge in [0.1, 0.15) is 27.3 Å². The van der Waals surface area contributed by atoms with Crippen molar-refractivity contribution in [2.24, 2.45) is 0 Å². The van der Waals surface area contributed by atoms with E-state index < -0.39 is 9.84 Å². The minimum atomic E-state index is -3.05. The van der Waals surface area contributed by atoms with Crippen LogP contribution in [0.25, 0.3) is 0 Å². The van der Waals surface area contributed by atoms with E-state index in [0.29, 0.717) is 11.3 Å². The van der Waals surface area contributed by atoms with Gasteiger partial charge in [0.15, 0.2) is 0 Å². The Bertz CT molecular complexity index is 509. The van der Waals surface area contributed by atoms with Gasteiger partial charge in [-0.05, 0) is 6.92 Å². The second-order valence-electron chi connectivity index (χ2n) is 3.31. The SMILES string of the molecule is Cc1nn(CCS(C)(=O)=O)c(N)c1C#N. The molecule has 0 aliphatic rings. The molecule has 1 heterocycles. The Morgan fingerprint density at radius 2 is 2.20 bits per heavy atom. The third-order valence-corrected chi connectivity index (χ3v) is 2.88. The summed E-state index contributed by atoms with van der Waals surface area (Å²) in [5.74, 6) is 0.182. The van der Waals surface area contributed by atoms with Gasteiger partial charge in [-0.25, -0.2) is 13.1 Å². The largest absolute Gasteiger partial charge is 0.383 e. The molecule has 0 aliphatic heterocycles. The van der Waals surface area contributed by atoms with E-state index in [1.807, 2.05) is 6.07 Å². The highest BCUT2D eigenvalue weighted by Crippen LogP contribution is 2.14. The maximum absolute atomic E-state index is 10.9. The van der Waals surface area contributed by atoms with Crippen LogP contribution in [0.2, 0.25) is 0 Å². The molecule has 0 amide bonds. The van der Waals surface area contributed by atoms with Crippen LogP contribution in [0.1, 0.15) is 11.3 Å². The number of aryl methyl sites for hydroxylation is 2. The number of aromatic nitrogens is 2. The number of rotatable bonds is 3. The van der Waals surface area contributed by atoms with E-state index in [1.54, 1.807) is 6.92 Å². The van der Waals surface area contributed by atoms with Gasteiger partial charge in [-0.2, -0.15) is 10.4 Å². The number of nitrogen functional groups attached to an aromatic ring is 1. The highest BCUT2D eigenvalue weighted by molar-refractivity contribution is 7.90.